The summed E-state index contributed by atoms with van der Waals surface area (Å²) in [7, 11) is -3.82. The molecule has 1 N–H and O–H groups in total. The van der Waals surface area contributed by atoms with Crippen LogP contribution in [0.25, 0.3) is 0 Å². The summed E-state index contributed by atoms with van der Waals surface area (Å²) < 4.78 is 28.0. The zero-order chi connectivity index (χ0) is 23.8. The van der Waals surface area contributed by atoms with Gasteiger partial charge in [-0.25, -0.2) is 8.42 Å². The van der Waals surface area contributed by atoms with E-state index in [0.29, 0.717) is 6.42 Å². The number of sulfonamides is 1. The Labute approximate surface area is 201 Å². The quantitative estimate of drug-likeness (QED) is 0.421. The number of amides is 1. The molecule has 0 spiro atoms. The summed E-state index contributed by atoms with van der Waals surface area (Å²) in [6.07, 6.45) is 2.53. The monoisotopic (exact) mass is 482 g/mol. The summed E-state index contributed by atoms with van der Waals surface area (Å²) in [5, 5.41) is 2.94. The van der Waals surface area contributed by atoms with Crippen LogP contribution in [0.3, 0.4) is 0 Å². The predicted octanol–water partition coefficient (Wildman–Crippen LogP) is 4.83. The van der Waals surface area contributed by atoms with Crippen LogP contribution >= 0.6 is 11.8 Å². The molecule has 5 nitrogen and oxygen atoms in total. The molecule has 1 amide bonds. The lowest BCUT2D eigenvalue weighted by atomic mass is 10.1. The van der Waals surface area contributed by atoms with Gasteiger partial charge in [-0.15, -0.1) is 11.8 Å². The second-order valence-corrected chi connectivity index (χ2v) is 10.8. The standard InChI is InChI=1S/C26H30N2O3S2/c1-20-9-15-25(16-10-20)33(30,31)28(18-17-22-7-5-4-6-8-22)19-26(29)27-21(2)23-11-13-24(32-3)14-12-23/h4-16,21H,17-19H2,1-3H3,(H,27,29). The van der Waals surface area contributed by atoms with Gasteiger partial charge in [-0.3, -0.25) is 4.79 Å². The van der Waals surface area contributed by atoms with Crippen LogP contribution < -0.4 is 5.32 Å². The fourth-order valence-corrected chi connectivity index (χ4v) is 5.27. The first-order valence-corrected chi connectivity index (χ1v) is 13.5. The highest BCUT2D eigenvalue weighted by Gasteiger charge is 2.27. The van der Waals surface area contributed by atoms with Gasteiger partial charge in [-0.2, -0.15) is 4.31 Å². The Bertz CT molecular complexity index is 1150. The van der Waals surface area contributed by atoms with Crippen molar-refractivity contribution in [2.45, 2.75) is 36.1 Å². The normalized spacial score (nSPS) is 12.5. The van der Waals surface area contributed by atoms with Gasteiger partial charge < -0.3 is 5.32 Å². The Kier molecular flexibility index (Phi) is 8.72. The van der Waals surface area contributed by atoms with Crippen molar-refractivity contribution in [3.8, 4) is 0 Å². The zero-order valence-corrected chi connectivity index (χ0v) is 20.8. The van der Waals surface area contributed by atoms with Gasteiger partial charge in [0.05, 0.1) is 17.5 Å². The average Bonchev–Trinajstić information content (AvgIpc) is 2.82. The van der Waals surface area contributed by atoms with Gasteiger partial charge >= 0.3 is 0 Å². The van der Waals surface area contributed by atoms with Gasteiger partial charge in [-0.05, 0) is 61.9 Å². The third kappa shape index (κ3) is 6.93. The van der Waals surface area contributed by atoms with Gasteiger partial charge in [0.25, 0.3) is 0 Å². The molecule has 7 heteroatoms. The lowest BCUT2D eigenvalue weighted by Crippen LogP contribution is -2.42. The number of benzene rings is 3. The van der Waals surface area contributed by atoms with Gasteiger partial charge in [0.1, 0.15) is 0 Å². The third-order valence-electron chi connectivity index (χ3n) is 5.46. The van der Waals surface area contributed by atoms with Gasteiger partial charge in [0.2, 0.25) is 15.9 Å². The van der Waals surface area contributed by atoms with E-state index in [1.54, 1.807) is 36.0 Å². The number of hydrogen-bond acceptors (Lipinski definition) is 4. The topological polar surface area (TPSA) is 66.5 Å². The van der Waals surface area contributed by atoms with E-state index < -0.39 is 10.0 Å². The summed E-state index contributed by atoms with van der Waals surface area (Å²) in [6.45, 7) is 3.78. The highest BCUT2D eigenvalue weighted by atomic mass is 32.2. The Morgan fingerprint density at radius 3 is 2.21 bits per heavy atom. The van der Waals surface area contributed by atoms with Crippen LogP contribution in [0.2, 0.25) is 0 Å². The smallest absolute Gasteiger partial charge is 0.243 e. The van der Waals surface area contributed by atoms with Crippen molar-refractivity contribution in [2.75, 3.05) is 19.3 Å². The minimum absolute atomic E-state index is 0.190. The molecule has 1 atom stereocenters. The van der Waals surface area contributed by atoms with Crippen LogP contribution in [0.1, 0.15) is 29.7 Å². The molecule has 3 rings (SSSR count). The number of thioether (sulfide) groups is 1. The SMILES string of the molecule is CSc1ccc(C(C)NC(=O)CN(CCc2ccccc2)S(=O)(=O)c2ccc(C)cc2)cc1. The van der Waals surface area contributed by atoms with E-state index in [4.69, 9.17) is 0 Å². The van der Waals surface area contributed by atoms with Crippen molar-refractivity contribution in [3.63, 3.8) is 0 Å². The van der Waals surface area contributed by atoms with Crippen molar-refractivity contribution in [2.24, 2.45) is 0 Å². The van der Waals surface area contributed by atoms with E-state index >= 15 is 0 Å². The molecule has 0 heterocycles. The van der Waals surface area contributed by atoms with Crippen molar-refractivity contribution in [1.29, 1.82) is 0 Å². The Morgan fingerprint density at radius 2 is 1.61 bits per heavy atom. The highest BCUT2D eigenvalue weighted by molar-refractivity contribution is 7.98. The van der Waals surface area contributed by atoms with Crippen LogP contribution in [0.15, 0.2) is 88.7 Å². The molecule has 0 fully saturated rings. The Balaban J connectivity index is 1.75. The summed E-state index contributed by atoms with van der Waals surface area (Å²) in [6, 6.07) is 24.1. The number of carbonyl (C=O) groups excluding carboxylic acids is 1. The third-order valence-corrected chi connectivity index (χ3v) is 8.07. The van der Waals surface area contributed by atoms with Crippen molar-refractivity contribution < 1.29 is 13.2 Å². The van der Waals surface area contributed by atoms with E-state index in [0.717, 1.165) is 21.6 Å². The molecule has 0 bridgehead atoms. The van der Waals surface area contributed by atoms with E-state index in [2.05, 4.69) is 5.32 Å². The summed E-state index contributed by atoms with van der Waals surface area (Å²) in [5.41, 5.74) is 2.96. The molecular weight excluding hydrogens is 452 g/mol. The minimum atomic E-state index is -3.82. The van der Waals surface area contributed by atoms with E-state index in [9.17, 15) is 13.2 Å². The second-order valence-electron chi connectivity index (χ2n) is 7.95. The molecular formula is C26H30N2O3S2. The maximum Gasteiger partial charge on any atom is 0.243 e. The molecule has 0 aliphatic carbocycles. The molecule has 0 saturated heterocycles. The lowest BCUT2D eigenvalue weighted by molar-refractivity contribution is -0.121. The largest absolute Gasteiger partial charge is 0.348 e. The van der Waals surface area contributed by atoms with Crippen LogP contribution in [0, 0.1) is 6.92 Å². The predicted molar refractivity (Wildman–Crippen MR) is 135 cm³/mol. The number of carbonyl (C=O) groups is 1. The summed E-state index contributed by atoms with van der Waals surface area (Å²) in [4.78, 5) is 14.2. The Hall–Kier alpha value is -2.61. The van der Waals surface area contributed by atoms with Gasteiger partial charge in [-0.1, -0.05) is 60.2 Å². The fraction of sp³-hybridized carbons (Fsp3) is 0.269. The lowest BCUT2D eigenvalue weighted by Gasteiger charge is -2.23. The zero-order valence-electron chi connectivity index (χ0n) is 19.2. The molecule has 33 heavy (non-hydrogen) atoms. The van der Waals surface area contributed by atoms with Crippen LogP contribution in [-0.2, 0) is 21.2 Å². The molecule has 174 valence electrons. The fourth-order valence-electron chi connectivity index (χ4n) is 3.47. The van der Waals surface area contributed by atoms with Crippen molar-refractivity contribution >= 4 is 27.7 Å². The number of nitrogens with zero attached hydrogens (tertiary/aromatic N) is 1. The molecule has 0 aliphatic rings. The molecule has 0 aliphatic heterocycles. The molecule has 3 aromatic carbocycles. The molecule has 1 unspecified atom stereocenters. The second kappa shape index (κ2) is 11.5. The molecule has 0 radical (unpaired) electrons. The summed E-state index contributed by atoms with van der Waals surface area (Å²) >= 11 is 1.66. The first-order chi connectivity index (χ1) is 15.8. The van der Waals surface area contributed by atoms with Crippen LogP contribution in [0.4, 0.5) is 0 Å². The van der Waals surface area contributed by atoms with Gasteiger partial charge in [0.15, 0.2) is 0 Å². The van der Waals surface area contributed by atoms with E-state index in [1.165, 1.54) is 4.31 Å². The van der Waals surface area contributed by atoms with Crippen LogP contribution in [0.5, 0.6) is 0 Å². The number of nitrogens with one attached hydrogen (secondary N) is 1. The van der Waals surface area contributed by atoms with E-state index in [-0.39, 0.29) is 29.9 Å². The van der Waals surface area contributed by atoms with Crippen molar-refractivity contribution in [1.82, 2.24) is 9.62 Å². The first-order valence-electron chi connectivity index (χ1n) is 10.8. The van der Waals surface area contributed by atoms with E-state index in [1.807, 2.05) is 74.7 Å². The van der Waals surface area contributed by atoms with Crippen molar-refractivity contribution in [3.05, 3.63) is 95.6 Å². The first kappa shape index (κ1) is 25.0. The maximum absolute atomic E-state index is 13.4. The minimum Gasteiger partial charge on any atom is -0.348 e. The highest BCUT2D eigenvalue weighted by Crippen LogP contribution is 2.20. The Morgan fingerprint density at radius 1 is 0.970 bits per heavy atom. The molecule has 0 saturated carbocycles. The summed E-state index contributed by atoms with van der Waals surface area (Å²) in [5.74, 6) is -0.333. The van der Waals surface area contributed by atoms with Gasteiger partial charge in [0, 0.05) is 11.4 Å². The molecule has 3 aromatic rings. The van der Waals surface area contributed by atoms with Crippen LogP contribution in [-0.4, -0.2) is 38.0 Å². The number of hydrogen-bond donors (Lipinski definition) is 1. The maximum atomic E-state index is 13.4. The number of aryl methyl sites for hydroxylation is 1. The molecule has 0 aromatic heterocycles. The number of rotatable bonds is 10. The average molecular weight is 483 g/mol.